The van der Waals surface area contributed by atoms with E-state index in [1.165, 1.54) is 12.8 Å². The van der Waals surface area contributed by atoms with Crippen molar-refractivity contribution in [2.45, 2.75) is 39.2 Å². The monoisotopic (exact) mass is 292 g/mol. The fourth-order valence-corrected chi connectivity index (χ4v) is 2.07. The first-order valence-electron chi connectivity index (χ1n) is 7.47. The maximum absolute atomic E-state index is 4.31. The second-order valence-corrected chi connectivity index (χ2v) is 5.18. The van der Waals surface area contributed by atoms with Crippen molar-refractivity contribution in [1.29, 1.82) is 0 Å². The molecule has 0 aromatic carbocycles. The van der Waals surface area contributed by atoms with Crippen molar-refractivity contribution in [3.05, 3.63) is 24.3 Å². The molecule has 118 valence electrons. The molecule has 1 heterocycles. The minimum Gasteiger partial charge on any atom is -0.349 e. The Bertz CT molecular complexity index is 463. The highest BCUT2D eigenvalue weighted by Crippen LogP contribution is 2.02. The normalized spacial score (nSPS) is 11.5. The Kier molecular flexibility index (Phi) is 7.50. The number of nitrogens with zero attached hydrogens (tertiary/aromatic N) is 5. The fraction of sp³-hybridized carbons (Fsp3) is 0.667. The van der Waals surface area contributed by atoms with Crippen LogP contribution in [-0.2, 0) is 13.6 Å². The van der Waals surface area contributed by atoms with Gasteiger partial charge in [0.25, 0.3) is 0 Å². The molecule has 0 bridgehead atoms. The van der Waals surface area contributed by atoms with Crippen molar-refractivity contribution >= 4 is 5.96 Å². The van der Waals surface area contributed by atoms with Crippen LogP contribution in [-0.4, -0.2) is 46.3 Å². The molecule has 0 spiro atoms. The lowest BCUT2D eigenvalue weighted by atomic mass is 10.2. The lowest BCUT2D eigenvalue weighted by Gasteiger charge is -2.21. The molecule has 0 unspecified atom stereocenters. The molecule has 1 N–H and O–H groups in total. The van der Waals surface area contributed by atoms with Crippen LogP contribution in [0, 0.1) is 6.92 Å². The number of unbranched alkanes of at least 4 members (excludes halogenated alkanes) is 3. The molecule has 1 aromatic heterocycles. The van der Waals surface area contributed by atoms with Crippen LogP contribution in [0.25, 0.3) is 0 Å². The van der Waals surface area contributed by atoms with Gasteiger partial charge < -0.3 is 14.8 Å². The summed E-state index contributed by atoms with van der Waals surface area (Å²) in [5.41, 5.74) is 0. The van der Waals surface area contributed by atoms with Gasteiger partial charge in [0, 0.05) is 27.7 Å². The highest BCUT2D eigenvalue weighted by molar-refractivity contribution is 5.79. The van der Waals surface area contributed by atoms with Crippen molar-refractivity contribution in [3.63, 3.8) is 0 Å². The SMILES string of the molecule is C=CCCCCCN(C)C(=NC)NCc1nnc(C)n1C. The summed E-state index contributed by atoms with van der Waals surface area (Å²) < 4.78 is 1.98. The molecule has 1 rings (SSSR count). The molecular formula is C15H28N6. The average Bonchev–Trinajstić information content (AvgIpc) is 2.79. The van der Waals surface area contributed by atoms with Gasteiger partial charge in [-0.05, 0) is 26.2 Å². The van der Waals surface area contributed by atoms with E-state index < -0.39 is 0 Å². The Morgan fingerprint density at radius 3 is 2.71 bits per heavy atom. The highest BCUT2D eigenvalue weighted by atomic mass is 15.3. The number of nitrogens with one attached hydrogen (secondary N) is 1. The molecule has 0 aliphatic rings. The van der Waals surface area contributed by atoms with Crippen LogP contribution in [0.1, 0.15) is 37.3 Å². The molecule has 0 saturated heterocycles. The quantitative estimate of drug-likeness (QED) is 0.344. The summed E-state index contributed by atoms with van der Waals surface area (Å²) in [4.78, 5) is 6.46. The van der Waals surface area contributed by atoms with Crippen LogP contribution in [0.4, 0.5) is 0 Å². The second-order valence-electron chi connectivity index (χ2n) is 5.18. The lowest BCUT2D eigenvalue weighted by Crippen LogP contribution is -2.39. The van der Waals surface area contributed by atoms with Crippen LogP contribution in [0.5, 0.6) is 0 Å². The molecule has 0 atom stereocenters. The Morgan fingerprint density at radius 2 is 2.14 bits per heavy atom. The van der Waals surface area contributed by atoms with Crippen molar-refractivity contribution in [1.82, 2.24) is 25.0 Å². The van der Waals surface area contributed by atoms with Gasteiger partial charge >= 0.3 is 0 Å². The van der Waals surface area contributed by atoms with Crippen molar-refractivity contribution < 1.29 is 0 Å². The summed E-state index contributed by atoms with van der Waals surface area (Å²) in [6.07, 6.45) is 6.67. The molecule has 6 heteroatoms. The number of aryl methyl sites for hydroxylation is 1. The molecule has 0 saturated carbocycles. The molecule has 0 aliphatic carbocycles. The standard InChI is InChI=1S/C15H28N6/c1-6-7-8-9-10-11-20(4)15(16-3)17-12-14-19-18-13(2)21(14)5/h6H,1,7-12H2,2-5H3,(H,16,17). The lowest BCUT2D eigenvalue weighted by molar-refractivity contribution is 0.453. The number of rotatable bonds is 8. The summed E-state index contributed by atoms with van der Waals surface area (Å²) in [6, 6.07) is 0. The summed E-state index contributed by atoms with van der Waals surface area (Å²) in [5, 5.41) is 11.5. The third-order valence-corrected chi connectivity index (χ3v) is 3.56. The van der Waals surface area contributed by atoms with E-state index in [9.17, 15) is 0 Å². The smallest absolute Gasteiger partial charge is 0.193 e. The van der Waals surface area contributed by atoms with Gasteiger partial charge in [-0.1, -0.05) is 12.5 Å². The maximum Gasteiger partial charge on any atom is 0.193 e. The number of hydrogen-bond donors (Lipinski definition) is 1. The van der Waals surface area contributed by atoms with Crippen molar-refractivity contribution in [2.24, 2.45) is 12.0 Å². The molecule has 1 aromatic rings. The van der Waals surface area contributed by atoms with Crippen LogP contribution < -0.4 is 5.32 Å². The van der Waals surface area contributed by atoms with E-state index in [1.807, 2.05) is 24.6 Å². The summed E-state index contributed by atoms with van der Waals surface area (Å²) in [7, 11) is 5.83. The van der Waals surface area contributed by atoms with Crippen molar-refractivity contribution in [2.75, 3.05) is 20.6 Å². The van der Waals surface area contributed by atoms with Crippen LogP contribution in [0.2, 0.25) is 0 Å². The van der Waals surface area contributed by atoms with E-state index in [0.29, 0.717) is 6.54 Å². The average molecular weight is 292 g/mol. The molecule has 0 amide bonds. The largest absolute Gasteiger partial charge is 0.349 e. The molecule has 0 fully saturated rings. The zero-order valence-electron chi connectivity index (χ0n) is 13.8. The molecule has 21 heavy (non-hydrogen) atoms. The molecule has 0 radical (unpaired) electrons. The Labute approximate surface area is 128 Å². The number of aromatic nitrogens is 3. The predicted octanol–water partition coefficient (Wildman–Crippen LogP) is 1.88. The minimum atomic E-state index is 0.630. The second kappa shape index (κ2) is 9.15. The van der Waals surface area contributed by atoms with Gasteiger partial charge in [0.2, 0.25) is 0 Å². The number of aliphatic imine (C=N–C) groups is 1. The van der Waals surface area contributed by atoms with Gasteiger partial charge in [0.05, 0.1) is 6.54 Å². The van der Waals surface area contributed by atoms with E-state index in [2.05, 4.69) is 39.0 Å². The van der Waals surface area contributed by atoms with E-state index in [4.69, 9.17) is 0 Å². The highest BCUT2D eigenvalue weighted by Gasteiger charge is 2.08. The van der Waals surface area contributed by atoms with Gasteiger partial charge in [0.1, 0.15) is 5.82 Å². The first-order valence-corrected chi connectivity index (χ1v) is 7.47. The zero-order valence-corrected chi connectivity index (χ0v) is 13.8. The van der Waals surface area contributed by atoms with Gasteiger partial charge in [-0.2, -0.15) is 0 Å². The molecule has 0 aliphatic heterocycles. The third kappa shape index (κ3) is 5.57. The topological polar surface area (TPSA) is 58.3 Å². The molecular weight excluding hydrogens is 264 g/mol. The van der Waals surface area contributed by atoms with E-state index >= 15 is 0 Å². The zero-order chi connectivity index (χ0) is 15.7. The van der Waals surface area contributed by atoms with Crippen LogP contribution in [0.15, 0.2) is 17.6 Å². The Hall–Kier alpha value is -1.85. The predicted molar refractivity (Wildman–Crippen MR) is 87.2 cm³/mol. The molecule has 6 nitrogen and oxygen atoms in total. The summed E-state index contributed by atoms with van der Waals surface area (Å²) in [5.74, 6) is 2.71. The van der Waals surface area contributed by atoms with Crippen molar-refractivity contribution in [3.8, 4) is 0 Å². The number of allylic oxidation sites excluding steroid dienone is 1. The van der Waals surface area contributed by atoms with Gasteiger partial charge in [-0.3, -0.25) is 4.99 Å². The fourth-order valence-electron chi connectivity index (χ4n) is 2.07. The maximum atomic E-state index is 4.31. The first kappa shape index (κ1) is 17.2. The van der Waals surface area contributed by atoms with Crippen LogP contribution in [0.3, 0.4) is 0 Å². The third-order valence-electron chi connectivity index (χ3n) is 3.56. The number of guanidine groups is 1. The first-order chi connectivity index (χ1) is 10.1. The summed E-state index contributed by atoms with van der Waals surface area (Å²) >= 11 is 0. The van der Waals surface area contributed by atoms with E-state index in [0.717, 1.165) is 37.0 Å². The minimum absolute atomic E-state index is 0.630. The van der Waals surface area contributed by atoms with E-state index in [1.54, 1.807) is 7.05 Å². The van der Waals surface area contributed by atoms with Gasteiger partial charge in [-0.15, -0.1) is 16.8 Å². The van der Waals surface area contributed by atoms with Gasteiger partial charge in [0.15, 0.2) is 11.8 Å². The number of hydrogen-bond acceptors (Lipinski definition) is 3. The summed E-state index contributed by atoms with van der Waals surface area (Å²) in [6.45, 7) is 7.31. The van der Waals surface area contributed by atoms with Gasteiger partial charge in [-0.25, -0.2) is 0 Å². The van der Waals surface area contributed by atoms with Crippen LogP contribution >= 0.6 is 0 Å². The Morgan fingerprint density at radius 1 is 1.38 bits per heavy atom. The Balaban J connectivity index is 2.37. The van der Waals surface area contributed by atoms with E-state index in [-0.39, 0.29) is 0 Å².